The first-order chi connectivity index (χ1) is 7.65. The standard InChI is InChI=1S/C12H15FN2O/c1-15-10-4-2-3-9(13)8(10)7-11(15)12(16)5-6-14/h2-4,7,12,16H,5-6,14H2,1H3. The Hall–Kier alpha value is -1.39. The highest BCUT2D eigenvalue weighted by molar-refractivity contribution is 5.82. The van der Waals surface area contributed by atoms with Crippen molar-refractivity contribution in [2.24, 2.45) is 12.8 Å². The van der Waals surface area contributed by atoms with Crippen LogP contribution in [0.5, 0.6) is 0 Å². The number of fused-ring (bicyclic) bond motifs is 1. The molecule has 3 N–H and O–H groups in total. The van der Waals surface area contributed by atoms with E-state index in [0.717, 1.165) is 5.52 Å². The molecular weight excluding hydrogens is 207 g/mol. The van der Waals surface area contributed by atoms with Crippen LogP contribution in [0.15, 0.2) is 24.3 Å². The Morgan fingerprint density at radius 2 is 2.25 bits per heavy atom. The number of nitrogens with two attached hydrogens (primary N) is 1. The molecule has 86 valence electrons. The zero-order valence-corrected chi connectivity index (χ0v) is 9.15. The summed E-state index contributed by atoms with van der Waals surface area (Å²) in [5, 5.41) is 10.4. The number of aliphatic hydroxyl groups excluding tert-OH is 1. The molecule has 1 unspecified atom stereocenters. The minimum atomic E-state index is -0.637. The number of rotatable bonds is 3. The van der Waals surface area contributed by atoms with Gasteiger partial charge in [0.1, 0.15) is 5.82 Å². The maximum Gasteiger partial charge on any atom is 0.132 e. The molecule has 0 fully saturated rings. The van der Waals surface area contributed by atoms with E-state index in [9.17, 15) is 9.50 Å². The van der Waals surface area contributed by atoms with Gasteiger partial charge in [-0.15, -0.1) is 0 Å². The van der Waals surface area contributed by atoms with Crippen molar-refractivity contribution >= 4 is 10.9 Å². The van der Waals surface area contributed by atoms with E-state index >= 15 is 0 Å². The molecule has 1 aromatic heterocycles. The largest absolute Gasteiger partial charge is 0.387 e. The van der Waals surface area contributed by atoms with Gasteiger partial charge >= 0.3 is 0 Å². The summed E-state index contributed by atoms with van der Waals surface area (Å²) < 4.78 is 15.3. The fraction of sp³-hybridized carbons (Fsp3) is 0.333. The highest BCUT2D eigenvalue weighted by Gasteiger charge is 2.14. The van der Waals surface area contributed by atoms with Crippen molar-refractivity contribution in [3.8, 4) is 0 Å². The van der Waals surface area contributed by atoms with Gasteiger partial charge < -0.3 is 15.4 Å². The Balaban J connectivity index is 2.55. The maximum absolute atomic E-state index is 13.5. The number of benzene rings is 1. The zero-order valence-electron chi connectivity index (χ0n) is 9.15. The Bertz CT molecular complexity index is 507. The molecule has 0 bridgehead atoms. The van der Waals surface area contributed by atoms with E-state index < -0.39 is 6.10 Å². The highest BCUT2D eigenvalue weighted by Crippen LogP contribution is 2.26. The molecule has 0 aliphatic carbocycles. The number of hydrogen-bond acceptors (Lipinski definition) is 2. The lowest BCUT2D eigenvalue weighted by Crippen LogP contribution is -2.09. The van der Waals surface area contributed by atoms with Crippen LogP contribution in [0.1, 0.15) is 18.2 Å². The second kappa shape index (κ2) is 4.23. The van der Waals surface area contributed by atoms with Gasteiger partial charge in [-0.25, -0.2) is 4.39 Å². The minimum Gasteiger partial charge on any atom is -0.387 e. The van der Waals surface area contributed by atoms with Gasteiger partial charge in [0, 0.05) is 18.1 Å². The summed E-state index contributed by atoms with van der Waals surface area (Å²) in [5.41, 5.74) is 6.88. The molecule has 0 aliphatic heterocycles. The molecular formula is C12H15FN2O. The topological polar surface area (TPSA) is 51.2 Å². The van der Waals surface area contributed by atoms with Gasteiger partial charge in [0.2, 0.25) is 0 Å². The summed E-state index contributed by atoms with van der Waals surface area (Å²) in [4.78, 5) is 0. The van der Waals surface area contributed by atoms with E-state index in [4.69, 9.17) is 5.73 Å². The molecule has 2 aromatic rings. The Labute approximate surface area is 93.3 Å². The number of hydrogen-bond donors (Lipinski definition) is 2. The van der Waals surface area contributed by atoms with Crippen LogP contribution in [-0.4, -0.2) is 16.2 Å². The molecule has 0 saturated carbocycles. The van der Waals surface area contributed by atoms with Crippen molar-refractivity contribution in [2.45, 2.75) is 12.5 Å². The third-order valence-corrected chi connectivity index (χ3v) is 2.85. The number of halogens is 1. The van der Waals surface area contributed by atoms with Crippen molar-refractivity contribution in [2.75, 3.05) is 6.54 Å². The lowest BCUT2D eigenvalue weighted by atomic mass is 10.2. The molecule has 2 rings (SSSR count). The summed E-state index contributed by atoms with van der Waals surface area (Å²) in [7, 11) is 1.82. The Morgan fingerprint density at radius 3 is 2.88 bits per heavy atom. The predicted octanol–water partition coefficient (Wildman–Crippen LogP) is 1.70. The zero-order chi connectivity index (χ0) is 11.7. The summed E-state index contributed by atoms with van der Waals surface area (Å²) in [6.45, 7) is 0.408. The van der Waals surface area contributed by atoms with Gasteiger partial charge in [0.05, 0.1) is 11.6 Å². The van der Waals surface area contributed by atoms with Crippen molar-refractivity contribution in [1.82, 2.24) is 4.57 Å². The normalized spacial score (nSPS) is 13.2. The second-order valence-corrected chi connectivity index (χ2v) is 3.89. The Morgan fingerprint density at radius 1 is 1.50 bits per heavy atom. The molecule has 4 heteroatoms. The summed E-state index contributed by atoms with van der Waals surface area (Å²) >= 11 is 0. The molecule has 0 aliphatic rings. The van der Waals surface area contributed by atoms with E-state index in [2.05, 4.69) is 0 Å². The van der Waals surface area contributed by atoms with Crippen LogP contribution in [0, 0.1) is 5.82 Å². The van der Waals surface area contributed by atoms with Gasteiger partial charge in [-0.2, -0.15) is 0 Å². The van der Waals surface area contributed by atoms with E-state index in [-0.39, 0.29) is 5.82 Å². The minimum absolute atomic E-state index is 0.265. The third-order valence-electron chi connectivity index (χ3n) is 2.85. The molecule has 1 aromatic carbocycles. The predicted molar refractivity (Wildman–Crippen MR) is 61.5 cm³/mol. The maximum atomic E-state index is 13.5. The van der Waals surface area contributed by atoms with Gasteiger partial charge in [0.15, 0.2) is 0 Å². The van der Waals surface area contributed by atoms with Crippen LogP contribution in [0.2, 0.25) is 0 Å². The SMILES string of the molecule is Cn1c(C(O)CCN)cc2c(F)cccc21. The van der Waals surface area contributed by atoms with Crippen LogP contribution in [0.25, 0.3) is 10.9 Å². The average Bonchev–Trinajstić information content (AvgIpc) is 2.59. The van der Waals surface area contributed by atoms with E-state index in [0.29, 0.717) is 24.0 Å². The van der Waals surface area contributed by atoms with Gasteiger partial charge in [-0.1, -0.05) is 6.07 Å². The van der Waals surface area contributed by atoms with E-state index in [1.807, 2.05) is 13.1 Å². The molecule has 1 heterocycles. The first-order valence-corrected chi connectivity index (χ1v) is 5.27. The average molecular weight is 222 g/mol. The number of nitrogens with zero attached hydrogens (tertiary/aromatic N) is 1. The second-order valence-electron chi connectivity index (χ2n) is 3.89. The lowest BCUT2D eigenvalue weighted by molar-refractivity contribution is 0.162. The molecule has 0 saturated heterocycles. The number of aryl methyl sites for hydroxylation is 1. The fourth-order valence-corrected chi connectivity index (χ4v) is 1.97. The molecule has 3 nitrogen and oxygen atoms in total. The van der Waals surface area contributed by atoms with Crippen molar-refractivity contribution in [3.05, 3.63) is 35.8 Å². The number of aromatic nitrogens is 1. The molecule has 0 spiro atoms. The first kappa shape index (κ1) is 11.1. The monoisotopic (exact) mass is 222 g/mol. The summed E-state index contributed by atoms with van der Waals surface area (Å²) in [6, 6.07) is 6.60. The third kappa shape index (κ3) is 1.70. The van der Waals surface area contributed by atoms with E-state index in [1.54, 1.807) is 16.7 Å². The van der Waals surface area contributed by atoms with Gasteiger partial charge in [-0.3, -0.25) is 0 Å². The van der Waals surface area contributed by atoms with Crippen LogP contribution in [-0.2, 0) is 7.05 Å². The summed E-state index contributed by atoms with van der Waals surface area (Å²) in [6.07, 6.45) is -0.159. The number of aliphatic hydroxyl groups is 1. The smallest absolute Gasteiger partial charge is 0.132 e. The van der Waals surface area contributed by atoms with E-state index in [1.165, 1.54) is 6.07 Å². The Kier molecular flexibility index (Phi) is 2.94. The highest BCUT2D eigenvalue weighted by atomic mass is 19.1. The fourth-order valence-electron chi connectivity index (χ4n) is 1.97. The lowest BCUT2D eigenvalue weighted by Gasteiger charge is -2.10. The quantitative estimate of drug-likeness (QED) is 0.830. The summed E-state index contributed by atoms with van der Waals surface area (Å²) in [5.74, 6) is -0.265. The first-order valence-electron chi connectivity index (χ1n) is 5.27. The molecule has 0 amide bonds. The molecule has 16 heavy (non-hydrogen) atoms. The molecule has 1 atom stereocenters. The van der Waals surface area contributed by atoms with Crippen LogP contribution in [0.4, 0.5) is 4.39 Å². The van der Waals surface area contributed by atoms with Crippen LogP contribution < -0.4 is 5.73 Å². The van der Waals surface area contributed by atoms with Crippen molar-refractivity contribution in [1.29, 1.82) is 0 Å². The van der Waals surface area contributed by atoms with Gasteiger partial charge in [0.25, 0.3) is 0 Å². The molecule has 0 radical (unpaired) electrons. The van der Waals surface area contributed by atoms with Crippen molar-refractivity contribution in [3.63, 3.8) is 0 Å². The van der Waals surface area contributed by atoms with Crippen molar-refractivity contribution < 1.29 is 9.50 Å². The van der Waals surface area contributed by atoms with Crippen LogP contribution in [0.3, 0.4) is 0 Å². The van der Waals surface area contributed by atoms with Crippen LogP contribution >= 0.6 is 0 Å². The van der Waals surface area contributed by atoms with Gasteiger partial charge in [-0.05, 0) is 31.2 Å².